The first-order chi connectivity index (χ1) is 9.40. The summed E-state index contributed by atoms with van der Waals surface area (Å²) in [6.45, 7) is 4.92. The lowest BCUT2D eigenvalue weighted by atomic mass is 9.87. The molecule has 0 spiro atoms. The van der Waals surface area contributed by atoms with Gasteiger partial charge >= 0.3 is 12.0 Å². The van der Waals surface area contributed by atoms with Gasteiger partial charge in [0.2, 0.25) is 0 Å². The van der Waals surface area contributed by atoms with Crippen LogP contribution in [-0.2, 0) is 4.79 Å². The van der Waals surface area contributed by atoms with E-state index in [4.69, 9.17) is 5.11 Å². The van der Waals surface area contributed by atoms with Crippen molar-refractivity contribution >= 4 is 12.0 Å². The Hall–Kier alpha value is -1.30. The second-order valence-electron chi connectivity index (χ2n) is 6.22. The minimum absolute atomic E-state index is 0.0494. The summed E-state index contributed by atoms with van der Waals surface area (Å²) in [7, 11) is 3.97. The molecule has 2 aliphatic rings. The molecule has 2 aliphatic heterocycles. The largest absolute Gasteiger partial charge is 0.481 e. The van der Waals surface area contributed by atoms with Gasteiger partial charge in [-0.3, -0.25) is 4.79 Å². The molecule has 2 fully saturated rings. The first-order valence-corrected chi connectivity index (χ1v) is 7.33. The maximum atomic E-state index is 12.3. The van der Waals surface area contributed by atoms with Crippen LogP contribution in [-0.4, -0.2) is 78.1 Å². The maximum Gasteiger partial charge on any atom is 0.320 e. The van der Waals surface area contributed by atoms with Crippen molar-refractivity contribution in [3.8, 4) is 0 Å². The summed E-state index contributed by atoms with van der Waals surface area (Å²) in [6.07, 6.45) is 2.03. The molecule has 1 atom stereocenters. The van der Waals surface area contributed by atoms with E-state index in [-0.39, 0.29) is 17.9 Å². The summed E-state index contributed by atoms with van der Waals surface area (Å²) in [4.78, 5) is 29.1. The number of hydrogen-bond donors (Lipinski definition) is 1. The summed E-state index contributed by atoms with van der Waals surface area (Å²) in [5, 5.41) is 8.96. The van der Waals surface area contributed by atoms with Crippen LogP contribution in [0.15, 0.2) is 0 Å². The summed E-state index contributed by atoms with van der Waals surface area (Å²) in [5.74, 6) is -1.04. The number of rotatable bonds is 3. The quantitative estimate of drug-likeness (QED) is 0.831. The van der Waals surface area contributed by atoms with E-state index in [1.807, 2.05) is 11.9 Å². The van der Waals surface area contributed by atoms with Crippen LogP contribution in [0.25, 0.3) is 0 Å². The Morgan fingerprint density at radius 3 is 2.30 bits per heavy atom. The summed E-state index contributed by atoms with van der Waals surface area (Å²) in [6, 6.07) is 0.364. The zero-order chi connectivity index (χ0) is 14.9. The standard InChI is InChI=1S/C14H25N3O3/c1-10(13(18)19)11-8-17(9-11)14(20)16(3)12-4-6-15(2)7-5-12/h10-12H,4-9H2,1-3H3,(H,18,19). The second-order valence-corrected chi connectivity index (χ2v) is 6.22. The van der Waals surface area contributed by atoms with Crippen molar-refractivity contribution in [3.05, 3.63) is 0 Å². The van der Waals surface area contributed by atoms with Gasteiger partial charge in [-0.25, -0.2) is 4.79 Å². The number of carbonyl (C=O) groups excluding carboxylic acids is 1. The monoisotopic (exact) mass is 283 g/mol. The molecule has 0 aromatic heterocycles. The average Bonchev–Trinajstić information content (AvgIpc) is 2.36. The fourth-order valence-corrected chi connectivity index (χ4v) is 2.95. The van der Waals surface area contributed by atoms with E-state index in [2.05, 4.69) is 11.9 Å². The average molecular weight is 283 g/mol. The van der Waals surface area contributed by atoms with Gasteiger partial charge < -0.3 is 19.8 Å². The van der Waals surface area contributed by atoms with E-state index < -0.39 is 5.97 Å². The zero-order valence-electron chi connectivity index (χ0n) is 12.6. The molecule has 20 heavy (non-hydrogen) atoms. The van der Waals surface area contributed by atoms with Crippen molar-refractivity contribution in [1.29, 1.82) is 0 Å². The van der Waals surface area contributed by atoms with Crippen LogP contribution in [0.4, 0.5) is 4.79 Å². The Balaban J connectivity index is 1.80. The fourth-order valence-electron chi connectivity index (χ4n) is 2.95. The van der Waals surface area contributed by atoms with E-state index in [0.717, 1.165) is 25.9 Å². The second kappa shape index (κ2) is 5.99. The van der Waals surface area contributed by atoms with Crippen molar-refractivity contribution < 1.29 is 14.7 Å². The summed E-state index contributed by atoms with van der Waals surface area (Å²) < 4.78 is 0. The minimum Gasteiger partial charge on any atom is -0.481 e. The van der Waals surface area contributed by atoms with E-state index in [9.17, 15) is 9.59 Å². The molecule has 6 nitrogen and oxygen atoms in total. The lowest BCUT2D eigenvalue weighted by molar-refractivity contribution is -0.144. The first-order valence-electron chi connectivity index (χ1n) is 7.33. The molecule has 0 aromatic rings. The lowest BCUT2D eigenvalue weighted by Gasteiger charge is -2.45. The molecule has 0 bridgehead atoms. The molecule has 2 amide bonds. The van der Waals surface area contributed by atoms with Gasteiger partial charge in [0, 0.05) is 32.1 Å². The number of nitrogens with zero attached hydrogens (tertiary/aromatic N) is 3. The third kappa shape index (κ3) is 3.06. The summed E-state index contributed by atoms with van der Waals surface area (Å²) in [5.41, 5.74) is 0. The number of amides is 2. The predicted octanol–water partition coefficient (Wildman–Crippen LogP) is 0.785. The van der Waals surface area contributed by atoms with Crippen molar-refractivity contribution in [1.82, 2.24) is 14.7 Å². The fraction of sp³-hybridized carbons (Fsp3) is 0.857. The molecular formula is C14H25N3O3. The Kier molecular flexibility index (Phi) is 4.52. The van der Waals surface area contributed by atoms with Gasteiger partial charge in [0.1, 0.15) is 0 Å². The zero-order valence-corrected chi connectivity index (χ0v) is 12.6. The van der Waals surface area contributed by atoms with Crippen molar-refractivity contribution in [2.75, 3.05) is 40.3 Å². The highest BCUT2D eigenvalue weighted by molar-refractivity contribution is 5.76. The smallest absolute Gasteiger partial charge is 0.320 e. The Morgan fingerprint density at radius 2 is 1.80 bits per heavy atom. The SMILES string of the molecule is CC(C(=O)O)C1CN(C(=O)N(C)C2CCN(C)CC2)C1. The van der Waals surface area contributed by atoms with Crippen molar-refractivity contribution in [2.24, 2.45) is 11.8 Å². The van der Waals surface area contributed by atoms with Crippen LogP contribution in [0.2, 0.25) is 0 Å². The number of aliphatic carboxylic acids is 1. The van der Waals surface area contributed by atoms with Gasteiger partial charge in [-0.1, -0.05) is 6.92 Å². The number of likely N-dealkylation sites (tertiary alicyclic amines) is 2. The van der Waals surface area contributed by atoms with Gasteiger partial charge in [-0.05, 0) is 33.0 Å². The molecule has 1 unspecified atom stereocenters. The van der Waals surface area contributed by atoms with Gasteiger partial charge in [-0.2, -0.15) is 0 Å². The van der Waals surface area contributed by atoms with E-state index >= 15 is 0 Å². The third-order valence-corrected chi connectivity index (χ3v) is 4.81. The maximum absolute atomic E-state index is 12.3. The van der Waals surface area contributed by atoms with E-state index in [0.29, 0.717) is 19.1 Å². The Morgan fingerprint density at radius 1 is 1.25 bits per heavy atom. The molecule has 114 valence electrons. The van der Waals surface area contributed by atoms with E-state index in [1.54, 1.807) is 11.8 Å². The Labute approximate surface area is 120 Å². The molecule has 0 aliphatic carbocycles. The minimum atomic E-state index is -0.772. The molecule has 2 saturated heterocycles. The van der Waals surface area contributed by atoms with Gasteiger partial charge in [0.15, 0.2) is 0 Å². The third-order valence-electron chi connectivity index (χ3n) is 4.81. The van der Waals surface area contributed by atoms with Gasteiger partial charge in [-0.15, -0.1) is 0 Å². The molecule has 2 heterocycles. The van der Waals surface area contributed by atoms with Gasteiger partial charge in [0.05, 0.1) is 5.92 Å². The number of hydrogen-bond acceptors (Lipinski definition) is 3. The van der Waals surface area contributed by atoms with Crippen LogP contribution < -0.4 is 0 Å². The normalized spacial score (nSPS) is 23.2. The van der Waals surface area contributed by atoms with Crippen LogP contribution in [0, 0.1) is 11.8 Å². The predicted molar refractivity (Wildman–Crippen MR) is 75.5 cm³/mol. The first kappa shape index (κ1) is 15.1. The van der Waals surface area contributed by atoms with Crippen molar-refractivity contribution in [2.45, 2.75) is 25.8 Å². The van der Waals surface area contributed by atoms with Crippen LogP contribution in [0.5, 0.6) is 0 Å². The molecule has 0 saturated carbocycles. The Bertz CT molecular complexity index is 374. The van der Waals surface area contributed by atoms with Crippen LogP contribution in [0.3, 0.4) is 0 Å². The molecule has 0 radical (unpaired) electrons. The number of carboxylic acids is 1. The van der Waals surface area contributed by atoms with Crippen LogP contribution in [0.1, 0.15) is 19.8 Å². The number of piperidine rings is 1. The number of carboxylic acid groups (broad SMARTS) is 1. The van der Waals surface area contributed by atoms with Crippen LogP contribution >= 0.6 is 0 Å². The molecule has 0 aromatic carbocycles. The number of carbonyl (C=O) groups is 2. The number of urea groups is 1. The van der Waals surface area contributed by atoms with Crippen molar-refractivity contribution in [3.63, 3.8) is 0 Å². The van der Waals surface area contributed by atoms with E-state index in [1.165, 1.54) is 0 Å². The summed E-state index contributed by atoms with van der Waals surface area (Å²) >= 11 is 0. The molecule has 1 N–H and O–H groups in total. The highest BCUT2D eigenvalue weighted by Gasteiger charge is 2.39. The topological polar surface area (TPSA) is 64.1 Å². The highest BCUT2D eigenvalue weighted by Crippen LogP contribution is 2.26. The molecular weight excluding hydrogens is 258 g/mol. The molecule has 6 heteroatoms. The lowest BCUT2D eigenvalue weighted by Crippen LogP contribution is -2.58. The highest BCUT2D eigenvalue weighted by atomic mass is 16.4. The van der Waals surface area contributed by atoms with Gasteiger partial charge in [0.25, 0.3) is 0 Å². The molecule has 2 rings (SSSR count).